The lowest BCUT2D eigenvalue weighted by atomic mass is 9.92. The molecule has 1 heterocycles. The van der Waals surface area contributed by atoms with Gasteiger partial charge >= 0.3 is 0 Å². The maximum absolute atomic E-state index is 14.3. The Bertz CT molecular complexity index is 1020. The summed E-state index contributed by atoms with van der Waals surface area (Å²) in [6.45, 7) is 1.97. The Balaban J connectivity index is 1.96. The van der Waals surface area contributed by atoms with Gasteiger partial charge in [-0.25, -0.2) is 8.78 Å². The van der Waals surface area contributed by atoms with Crippen LogP contribution in [0.3, 0.4) is 0 Å². The largest absolute Gasteiger partial charge is 0.347 e. The van der Waals surface area contributed by atoms with E-state index >= 15 is 0 Å². The second-order valence-electron chi connectivity index (χ2n) is 7.79. The van der Waals surface area contributed by atoms with E-state index in [1.165, 1.54) is 9.80 Å². The molecule has 0 radical (unpaired) electrons. The lowest BCUT2D eigenvalue weighted by Gasteiger charge is -2.37. The van der Waals surface area contributed by atoms with E-state index in [1.54, 1.807) is 26.2 Å². The number of halogens is 2. The number of fused-ring (bicyclic) bond motifs is 1. The SMILES string of the molecule is CCCC(=O)Nc1ccc2c(c1)CN(C(=O)c1ccc(F)cc1F)[C@@H](C(=O)N(C)C)C2. The van der Waals surface area contributed by atoms with Gasteiger partial charge in [-0.05, 0) is 41.8 Å². The molecular formula is C23H25F2N3O3. The maximum atomic E-state index is 14.3. The molecule has 1 atom stereocenters. The minimum atomic E-state index is -0.979. The third kappa shape index (κ3) is 4.90. The highest BCUT2D eigenvalue weighted by atomic mass is 19.1. The number of carbonyl (C=O) groups excluding carboxylic acids is 3. The molecule has 1 aliphatic heterocycles. The summed E-state index contributed by atoms with van der Waals surface area (Å²) in [7, 11) is 3.18. The molecule has 2 aromatic carbocycles. The smallest absolute Gasteiger partial charge is 0.257 e. The first-order valence-corrected chi connectivity index (χ1v) is 10.1. The number of hydrogen-bond donors (Lipinski definition) is 1. The second-order valence-corrected chi connectivity index (χ2v) is 7.79. The zero-order valence-electron chi connectivity index (χ0n) is 17.7. The highest BCUT2D eigenvalue weighted by Gasteiger charge is 2.36. The van der Waals surface area contributed by atoms with E-state index in [0.29, 0.717) is 18.2 Å². The molecule has 164 valence electrons. The predicted molar refractivity (Wildman–Crippen MR) is 112 cm³/mol. The molecular weight excluding hydrogens is 404 g/mol. The molecule has 0 unspecified atom stereocenters. The van der Waals surface area contributed by atoms with Crippen molar-refractivity contribution >= 4 is 23.4 Å². The van der Waals surface area contributed by atoms with Crippen molar-refractivity contribution in [3.63, 3.8) is 0 Å². The molecule has 0 saturated carbocycles. The van der Waals surface area contributed by atoms with Gasteiger partial charge in [0.15, 0.2) is 0 Å². The van der Waals surface area contributed by atoms with Crippen LogP contribution < -0.4 is 5.32 Å². The number of rotatable bonds is 5. The number of likely N-dealkylation sites (N-methyl/N-ethyl adjacent to an activating group) is 1. The number of amides is 3. The Morgan fingerprint density at radius 1 is 1.10 bits per heavy atom. The number of benzene rings is 2. The summed E-state index contributed by atoms with van der Waals surface area (Å²) in [6.07, 6.45) is 1.37. The third-order valence-corrected chi connectivity index (χ3v) is 5.25. The average molecular weight is 429 g/mol. The Kier molecular flexibility index (Phi) is 6.68. The quantitative estimate of drug-likeness (QED) is 0.793. The molecule has 1 N–H and O–H groups in total. The molecule has 31 heavy (non-hydrogen) atoms. The van der Waals surface area contributed by atoms with Crippen molar-refractivity contribution in [2.75, 3.05) is 19.4 Å². The Morgan fingerprint density at radius 3 is 2.48 bits per heavy atom. The van der Waals surface area contributed by atoms with E-state index in [9.17, 15) is 23.2 Å². The molecule has 3 amide bonds. The predicted octanol–water partition coefficient (Wildman–Crippen LogP) is 3.36. The normalized spacial score (nSPS) is 15.3. The van der Waals surface area contributed by atoms with Crippen molar-refractivity contribution in [2.45, 2.75) is 38.8 Å². The summed E-state index contributed by atoms with van der Waals surface area (Å²) in [6, 6.07) is 7.28. The fraction of sp³-hybridized carbons (Fsp3) is 0.348. The van der Waals surface area contributed by atoms with Gasteiger partial charge < -0.3 is 15.1 Å². The van der Waals surface area contributed by atoms with Crippen molar-refractivity contribution in [1.82, 2.24) is 9.80 Å². The molecule has 0 fully saturated rings. The number of carbonyl (C=O) groups is 3. The molecule has 0 spiro atoms. The van der Waals surface area contributed by atoms with Gasteiger partial charge in [0.1, 0.15) is 17.7 Å². The van der Waals surface area contributed by atoms with Crippen molar-refractivity contribution < 1.29 is 23.2 Å². The van der Waals surface area contributed by atoms with Crippen LogP contribution in [-0.2, 0) is 22.6 Å². The highest BCUT2D eigenvalue weighted by molar-refractivity contribution is 5.98. The monoisotopic (exact) mass is 429 g/mol. The molecule has 0 saturated heterocycles. The summed E-state index contributed by atoms with van der Waals surface area (Å²) < 4.78 is 27.6. The van der Waals surface area contributed by atoms with Crippen LogP contribution in [-0.4, -0.2) is 47.7 Å². The van der Waals surface area contributed by atoms with Crippen LogP contribution in [0.25, 0.3) is 0 Å². The van der Waals surface area contributed by atoms with E-state index in [1.807, 2.05) is 13.0 Å². The van der Waals surface area contributed by atoms with Gasteiger partial charge in [0.25, 0.3) is 5.91 Å². The third-order valence-electron chi connectivity index (χ3n) is 5.25. The first-order valence-electron chi connectivity index (χ1n) is 10.1. The van der Waals surface area contributed by atoms with Crippen molar-refractivity contribution in [2.24, 2.45) is 0 Å². The van der Waals surface area contributed by atoms with Crippen LogP contribution in [0.1, 0.15) is 41.3 Å². The van der Waals surface area contributed by atoms with Crippen LogP contribution in [0.2, 0.25) is 0 Å². The standard InChI is InChI=1S/C23H25F2N3O3/c1-4-5-21(29)26-17-8-6-14-11-20(23(31)27(2)3)28(13-15(14)10-17)22(30)18-9-7-16(24)12-19(18)25/h6-10,12,20H,4-5,11,13H2,1-3H3,(H,26,29)/t20-/m1/s1. The van der Waals surface area contributed by atoms with Crippen LogP contribution in [0, 0.1) is 11.6 Å². The number of nitrogens with zero attached hydrogens (tertiary/aromatic N) is 2. The summed E-state index contributed by atoms with van der Waals surface area (Å²) in [5.41, 5.74) is 1.93. The minimum absolute atomic E-state index is 0.0622. The van der Waals surface area contributed by atoms with E-state index in [-0.39, 0.29) is 30.3 Å². The van der Waals surface area contributed by atoms with Gasteiger partial charge in [-0.1, -0.05) is 13.0 Å². The van der Waals surface area contributed by atoms with Crippen LogP contribution in [0.5, 0.6) is 0 Å². The van der Waals surface area contributed by atoms with Crippen molar-refractivity contribution in [1.29, 1.82) is 0 Å². The van der Waals surface area contributed by atoms with Gasteiger partial charge in [-0.15, -0.1) is 0 Å². The zero-order valence-corrected chi connectivity index (χ0v) is 17.7. The molecule has 0 aliphatic carbocycles. The average Bonchev–Trinajstić information content (AvgIpc) is 2.71. The topological polar surface area (TPSA) is 69.7 Å². The van der Waals surface area contributed by atoms with Gasteiger partial charge in [-0.2, -0.15) is 0 Å². The van der Waals surface area contributed by atoms with Crippen LogP contribution in [0.4, 0.5) is 14.5 Å². The molecule has 0 bridgehead atoms. The second kappa shape index (κ2) is 9.24. The van der Waals surface area contributed by atoms with E-state index < -0.39 is 23.6 Å². The lowest BCUT2D eigenvalue weighted by molar-refractivity contribution is -0.134. The Hall–Kier alpha value is -3.29. The maximum Gasteiger partial charge on any atom is 0.257 e. The lowest BCUT2D eigenvalue weighted by Crippen LogP contribution is -2.52. The van der Waals surface area contributed by atoms with Gasteiger partial charge in [0.05, 0.1) is 5.56 Å². The molecule has 3 rings (SSSR count). The summed E-state index contributed by atoms with van der Waals surface area (Å²) >= 11 is 0. The fourth-order valence-corrected chi connectivity index (χ4v) is 3.66. The molecule has 1 aliphatic rings. The highest BCUT2D eigenvalue weighted by Crippen LogP contribution is 2.29. The number of anilines is 1. The van der Waals surface area contributed by atoms with Crippen molar-refractivity contribution in [3.8, 4) is 0 Å². The Morgan fingerprint density at radius 2 is 1.84 bits per heavy atom. The zero-order chi connectivity index (χ0) is 22.7. The van der Waals surface area contributed by atoms with Gasteiger partial charge in [0, 0.05) is 45.2 Å². The summed E-state index contributed by atoms with van der Waals surface area (Å²) in [5.74, 6) is -2.86. The van der Waals surface area contributed by atoms with E-state index in [4.69, 9.17) is 0 Å². The van der Waals surface area contributed by atoms with Gasteiger partial charge in [-0.3, -0.25) is 14.4 Å². The van der Waals surface area contributed by atoms with Crippen LogP contribution in [0.15, 0.2) is 36.4 Å². The number of hydrogen-bond acceptors (Lipinski definition) is 3. The molecule has 2 aromatic rings. The first kappa shape index (κ1) is 22.4. The van der Waals surface area contributed by atoms with E-state index in [0.717, 1.165) is 29.7 Å². The molecule has 6 nitrogen and oxygen atoms in total. The summed E-state index contributed by atoms with van der Waals surface area (Å²) in [5, 5.41) is 2.82. The van der Waals surface area contributed by atoms with E-state index in [2.05, 4.69) is 5.32 Å². The number of nitrogens with one attached hydrogen (secondary N) is 1. The van der Waals surface area contributed by atoms with Crippen molar-refractivity contribution in [3.05, 3.63) is 64.7 Å². The summed E-state index contributed by atoms with van der Waals surface area (Å²) in [4.78, 5) is 40.6. The first-order chi connectivity index (χ1) is 14.7. The van der Waals surface area contributed by atoms with Crippen LogP contribution >= 0.6 is 0 Å². The fourth-order valence-electron chi connectivity index (χ4n) is 3.66. The molecule has 8 heteroatoms. The molecule has 0 aromatic heterocycles. The minimum Gasteiger partial charge on any atom is -0.347 e. The van der Waals surface area contributed by atoms with Gasteiger partial charge in [0.2, 0.25) is 11.8 Å². The Labute approximate surface area is 179 Å².